The molecule has 1 aromatic heterocycles. The first kappa shape index (κ1) is 14.6. The van der Waals surface area contributed by atoms with Crippen molar-refractivity contribution < 1.29 is 0 Å². The van der Waals surface area contributed by atoms with E-state index in [1.807, 2.05) is 25.1 Å². The van der Waals surface area contributed by atoms with Crippen LogP contribution in [0.25, 0.3) is 10.9 Å². The number of rotatable bonds is 2. The van der Waals surface area contributed by atoms with E-state index < -0.39 is 0 Å². The van der Waals surface area contributed by atoms with Crippen molar-refractivity contribution in [1.82, 2.24) is 4.98 Å². The molecule has 0 fully saturated rings. The van der Waals surface area contributed by atoms with Gasteiger partial charge in [0, 0.05) is 16.1 Å². The second kappa shape index (κ2) is 5.90. The number of hydrogen-bond acceptors (Lipinski definition) is 1. The summed E-state index contributed by atoms with van der Waals surface area (Å²) in [6, 6.07) is 5.74. The van der Waals surface area contributed by atoms with Crippen molar-refractivity contribution in [2.45, 2.75) is 26.7 Å². The lowest BCUT2D eigenvalue weighted by molar-refractivity contribution is 0.889. The molecule has 0 N–H and O–H groups in total. The molecule has 0 saturated carbocycles. The summed E-state index contributed by atoms with van der Waals surface area (Å²) in [7, 11) is 0. The molecule has 0 bridgehead atoms. The summed E-state index contributed by atoms with van der Waals surface area (Å²) in [4.78, 5) is 4.62. The number of aryl methyl sites for hydroxylation is 2. The molecule has 92 valence electrons. The predicted molar refractivity (Wildman–Crippen MR) is 77.7 cm³/mol. The minimum Gasteiger partial charge on any atom is -0.252 e. The summed E-state index contributed by atoms with van der Waals surface area (Å²) in [6.07, 6.45) is 2.01. The van der Waals surface area contributed by atoms with Crippen LogP contribution in [0.2, 0.25) is 10.0 Å². The Bertz CT molecular complexity index is 538. The number of benzene rings is 1. The SMILES string of the molecule is CCCc1cc(Cl)c2ccc(Cl)c(C)c2n1.Cl. The van der Waals surface area contributed by atoms with Crippen LogP contribution in [0.1, 0.15) is 24.6 Å². The molecule has 1 nitrogen and oxygen atoms in total. The first-order valence-electron chi connectivity index (χ1n) is 5.37. The van der Waals surface area contributed by atoms with Crippen LogP contribution < -0.4 is 0 Å². The topological polar surface area (TPSA) is 12.9 Å². The molecule has 0 aliphatic heterocycles. The fraction of sp³-hybridized carbons (Fsp3) is 0.308. The van der Waals surface area contributed by atoms with Gasteiger partial charge >= 0.3 is 0 Å². The Labute approximate surface area is 118 Å². The number of halogens is 3. The predicted octanol–water partition coefficient (Wildman–Crippen LogP) is 5.22. The third-order valence-corrected chi connectivity index (χ3v) is 3.40. The maximum atomic E-state index is 6.24. The van der Waals surface area contributed by atoms with Crippen molar-refractivity contribution in [1.29, 1.82) is 0 Å². The third-order valence-electron chi connectivity index (χ3n) is 2.68. The molecule has 17 heavy (non-hydrogen) atoms. The Hall–Kier alpha value is -0.500. The molecule has 0 radical (unpaired) electrons. The van der Waals surface area contributed by atoms with Crippen molar-refractivity contribution in [3.8, 4) is 0 Å². The average Bonchev–Trinajstić information content (AvgIpc) is 2.25. The van der Waals surface area contributed by atoms with Gasteiger partial charge in [0.15, 0.2) is 0 Å². The van der Waals surface area contributed by atoms with Crippen LogP contribution in [0.3, 0.4) is 0 Å². The molecule has 0 spiro atoms. The molecule has 2 rings (SSSR count). The van der Waals surface area contributed by atoms with Gasteiger partial charge < -0.3 is 0 Å². The first-order valence-corrected chi connectivity index (χ1v) is 6.13. The minimum atomic E-state index is 0. The van der Waals surface area contributed by atoms with E-state index in [0.29, 0.717) is 0 Å². The fourth-order valence-electron chi connectivity index (χ4n) is 1.80. The molecule has 4 heteroatoms. The van der Waals surface area contributed by atoms with Gasteiger partial charge in [-0.25, -0.2) is 0 Å². The van der Waals surface area contributed by atoms with E-state index in [9.17, 15) is 0 Å². The number of fused-ring (bicyclic) bond motifs is 1. The summed E-state index contributed by atoms with van der Waals surface area (Å²) in [5.41, 5.74) is 2.95. The van der Waals surface area contributed by atoms with Gasteiger partial charge in [-0.2, -0.15) is 0 Å². The van der Waals surface area contributed by atoms with E-state index in [1.54, 1.807) is 0 Å². The van der Waals surface area contributed by atoms with E-state index in [1.165, 1.54) is 0 Å². The van der Waals surface area contributed by atoms with E-state index in [-0.39, 0.29) is 12.4 Å². The molecule has 0 amide bonds. The highest BCUT2D eigenvalue weighted by molar-refractivity contribution is 6.36. The van der Waals surface area contributed by atoms with Crippen molar-refractivity contribution in [3.05, 3.63) is 39.5 Å². The van der Waals surface area contributed by atoms with E-state index >= 15 is 0 Å². The molecule has 1 aromatic carbocycles. The van der Waals surface area contributed by atoms with Gasteiger partial charge in [0.05, 0.1) is 10.5 Å². The quantitative estimate of drug-likeness (QED) is 0.738. The van der Waals surface area contributed by atoms with Crippen molar-refractivity contribution in [2.75, 3.05) is 0 Å². The van der Waals surface area contributed by atoms with E-state index in [4.69, 9.17) is 23.2 Å². The van der Waals surface area contributed by atoms with Gasteiger partial charge in [-0.3, -0.25) is 4.98 Å². The van der Waals surface area contributed by atoms with Crippen LogP contribution in [-0.4, -0.2) is 4.98 Å². The molecule has 0 aliphatic rings. The zero-order valence-electron chi connectivity index (χ0n) is 9.76. The van der Waals surface area contributed by atoms with Crippen LogP contribution in [0, 0.1) is 6.92 Å². The van der Waals surface area contributed by atoms with E-state index in [0.717, 1.165) is 45.0 Å². The van der Waals surface area contributed by atoms with Gasteiger partial charge in [0.2, 0.25) is 0 Å². The molecular weight excluding hydrogens is 277 g/mol. The molecule has 0 saturated heterocycles. The fourth-order valence-corrected chi connectivity index (χ4v) is 2.23. The number of nitrogens with zero attached hydrogens (tertiary/aromatic N) is 1. The molecule has 0 atom stereocenters. The third kappa shape index (κ3) is 2.85. The number of hydrogen-bond donors (Lipinski definition) is 0. The maximum absolute atomic E-state index is 6.24. The normalized spacial score (nSPS) is 10.4. The molecule has 0 unspecified atom stereocenters. The second-order valence-corrected chi connectivity index (χ2v) is 4.73. The largest absolute Gasteiger partial charge is 0.252 e. The summed E-state index contributed by atoms with van der Waals surface area (Å²) < 4.78 is 0. The average molecular weight is 291 g/mol. The van der Waals surface area contributed by atoms with Crippen molar-refractivity contribution in [2.24, 2.45) is 0 Å². The Balaban J connectivity index is 0.00000144. The van der Waals surface area contributed by atoms with Crippen LogP contribution in [0.5, 0.6) is 0 Å². The minimum absolute atomic E-state index is 0. The summed E-state index contributed by atoms with van der Waals surface area (Å²) in [6.45, 7) is 4.11. The number of aromatic nitrogens is 1. The lowest BCUT2D eigenvalue weighted by atomic mass is 10.1. The Morgan fingerprint density at radius 1 is 1.18 bits per heavy atom. The summed E-state index contributed by atoms with van der Waals surface area (Å²) in [5.74, 6) is 0. The van der Waals surface area contributed by atoms with Crippen molar-refractivity contribution >= 4 is 46.5 Å². The number of pyridine rings is 1. The highest BCUT2D eigenvalue weighted by Crippen LogP contribution is 2.29. The Morgan fingerprint density at radius 2 is 1.88 bits per heavy atom. The van der Waals surface area contributed by atoms with Gasteiger partial charge in [-0.1, -0.05) is 36.5 Å². The zero-order chi connectivity index (χ0) is 11.7. The smallest absolute Gasteiger partial charge is 0.0764 e. The van der Waals surface area contributed by atoms with Crippen LogP contribution in [-0.2, 0) is 6.42 Å². The maximum Gasteiger partial charge on any atom is 0.0764 e. The summed E-state index contributed by atoms with van der Waals surface area (Å²) in [5, 5.41) is 2.47. The first-order chi connectivity index (χ1) is 7.63. The van der Waals surface area contributed by atoms with Gasteiger partial charge in [-0.05, 0) is 37.1 Å². The standard InChI is InChI=1S/C13H13Cl2N.ClH/c1-3-4-9-7-12(15)10-5-6-11(14)8(2)13(10)16-9;/h5-7H,3-4H2,1-2H3;1H. The van der Waals surface area contributed by atoms with E-state index in [2.05, 4.69) is 11.9 Å². The van der Waals surface area contributed by atoms with Gasteiger partial charge in [0.25, 0.3) is 0 Å². The highest BCUT2D eigenvalue weighted by Gasteiger charge is 2.08. The van der Waals surface area contributed by atoms with Gasteiger partial charge in [0.1, 0.15) is 0 Å². The highest BCUT2D eigenvalue weighted by atomic mass is 35.5. The molecular formula is C13H14Cl3N. The molecule has 2 aromatic rings. The van der Waals surface area contributed by atoms with Crippen LogP contribution in [0.15, 0.2) is 18.2 Å². The zero-order valence-corrected chi connectivity index (χ0v) is 12.1. The summed E-state index contributed by atoms with van der Waals surface area (Å²) >= 11 is 12.3. The lowest BCUT2D eigenvalue weighted by Gasteiger charge is -2.08. The Kier molecular flexibility index (Phi) is 5.05. The second-order valence-electron chi connectivity index (χ2n) is 3.91. The monoisotopic (exact) mass is 289 g/mol. The Morgan fingerprint density at radius 3 is 2.53 bits per heavy atom. The van der Waals surface area contributed by atoms with Crippen LogP contribution in [0.4, 0.5) is 0 Å². The lowest BCUT2D eigenvalue weighted by Crippen LogP contribution is -1.93. The molecule has 1 heterocycles. The van der Waals surface area contributed by atoms with Crippen LogP contribution >= 0.6 is 35.6 Å². The molecule has 0 aliphatic carbocycles. The van der Waals surface area contributed by atoms with Crippen molar-refractivity contribution in [3.63, 3.8) is 0 Å². The van der Waals surface area contributed by atoms with Gasteiger partial charge in [-0.15, -0.1) is 12.4 Å².